The smallest absolute Gasteiger partial charge is 0.189 e. The number of nitrogens with one attached hydrogen (secondary N) is 1. The van der Waals surface area contributed by atoms with Crippen LogP contribution in [0.15, 0.2) is 4.99 Å². The van der Waals surface area contributed by atoms with Gasteiger partial charge in [-0.05, 0) is 32.9 Å². The summed E-state index contributed by atoms with van der Waals surface area (Å²) in [5, 5.41) is 3.31. The second-order valence-corrected chi connectivity index (χ2v) is 5.34. The standard InChI is InChI=1S/C14H30N4/c1-4-18(5-2)11-12(3)16-14(15)17-13-9-7-6-8-10-13/h12-13H,4-11H2,1-3H3,(H3,15,16,17). The molecule has 4 nitrogen and oxygen atoms in total. The van der Waals surface area contributed by atoms with Gasteiger partial charge in [-0.25, -0.2) is 0 Å². The highest BCUT2D eigenvalue weighted by atomic mass is 15.2. The van der Waals surface area contributed by atoms with Crippen LogP contribution in [0.4, 0.5) is 0 Å². The lowest BCUT2D eigenvalue weighted by molar-refractivity contribution is 0.281. The number of nitrogens with zero attached hydrogens (tertiary/aromatic N) is 2. The van der Waals surface area contributed by atoms with Crippen molar-refractivity contribution in [1.29, 1.82) is 0 Å². The summed E-state index contributed by atoms with van der Waals surface area (Å²) in [5.41, 5.74) is 5.98. The molecule has 3 N–H and O–H groups in total. The van der Waals surface area contributed by atoms with E-state index in [1.54, 1.807) is 0 Å². The lowest BCUT2D eigenvalue weighted by Crippen LogP contribution is -2.45. The molecule has 1 saturated carbocycles. The van der Waals surface area contributed by atoms with Gasteiger partial charge in [-0.3, -0.25) is 4.99 Å². The van der Waals surface area contributed by atoms with Gasteiger partial charge < -0.3 is 16.0 Å². The van der Waals surface area contributed by atoms with Gasteiger partial charge in [-0.15, -0.1) is 0 Å². The molecule has 0 bridgehead atoms. The molecule has 0 heterocycles. The third kappa shape index (κ3) is 5.71. The molecule has 106 valence electrons. The largest absolute Gasteiger partial charge is 0.370 e. The third-order valence-electron chi connectivity index (χ3n) is 3.72. The van der Waals surface area contributed by atoms with Gasteiger partial charge in [-0.1, -0.05) is 33.1 Å². The fourth-order valence-corrected chi connectivity index (χ4v) is 2.61. The van der Waals surface area contributed by atoms with E-state index in [1.165, 1.54) is 32.1 Å². The summed E-state index contributed by atoms with van der Waals surface area (Å²) in [7, 11) is 0. The van der Waals surface area contributed by atoms with Crippen molar-refractivity contribution in [3.63, 3.8) is 0 Å². The number of nitrogens with two attached hydrogens (primary N) is 1. The minimum atomic E-state index is 0.359. The number of likely N-dealkylation sites (N-methyl/N-ethyl adjacent to an activating group) is 1. The number of hydrogen-bond acceptors (Lipinski definition) is 2. The van der Waals surface area contributed by atoms with Crippen molar-refractivity contribution in [1.82, 2.24) is 10.2 Å². The summed E-state index contributed by atoms with van der Waals surface area (Å²) in [6.07, 6.45) is 6.37. The van der Waals surface area contributed by atoms with E-state index in [9.17, 15) is 0 Å². The molecule has 1 atom stereocenters. The topological polar surface area (TPSA) is 53.6 Å². The molecule has 1 unspecified atom stereocenters. The molecule has 1 fully saturated rings. The second kappa shape index (κ2) is 8.35. The monoisotopic (exact) mass is 254 g/mol. The first-order chi connectivity index (χ1) is 8.65. The minimum Gasteiger partial charge on any atom is -0.370 e. The predicted octanol–water partition coefficient (Wildman–Crippen LogP) is 1.95. The number of guanidine groups is 1. The minimum absolute atomic E-state index is 0.359. The Kier molecular flexibility index (Phi) is 7.09. The highest BCUT2D eigenvalue weighted by Crippen LogP contribution is 2.19. The van der Waals surface area contributed by atoms with Gasteiger partial charge in [0.05, 0.1) is 6.04 Å². The van der Waals surface area contributed by atoms with Crippen LogP contribution in [0.3, 0.4) is 0 Å². The van der Waals surface area contributed by atoms with Crippen molar-refractivity contribution in [3.05, 3.63) is 0 Å². The highest BCUT2D eigenvalue weighted by Gasteiger charge is 2.13. The van der Waals surface area contributed by atoms with Crippen LogP contribution in [-0.2, 0) is 0 Å². The lowest BCUT2D eigenvalue weighted by atomic mass is 9.96. The van der Waals surface area contributed by atoms with Gasteiger partial charge in [-0.2, -0.15) is 0 Å². The van der Waals surface area contributed by atoms with Crippen LogP contribution >= 0.6 is 0 Å². The molecular formula is C14H30N4. The zero-order chi connectivity index (χ0) is 13.4. The van der Waals surface area contributed by atoms with Crippen molar-refractivity contribution in [3.8, 4) is 0 Å². The quantitative estimate of drug-likeness (QED) is 0.563. The first kappa shape index (κ1) is 15.3. The molecule has 0 amide bonds. The predicted molar refractivity (Wildman–Crippen MR) is 78.9 cm³/mol. The molecule has 1 rings (SSSR count). The maximum absolute atomic E-state index is 5.98. The van der Waals surface area contributed by atoms with E-state index < -0.39 is 0 Å². The van der Waals surface area contributed by atoms with Crippen molar-refractivity contribution in [2.75, 3.05) is 19.6 Å². The molecular weight excluding hydrogens is 224 g/mol. The average molecular weight is 254 g/mol. The van der Waals surface area contributed by atoms with Crippen molar-refractivity contribution in [2.24, 2.45) is 10.7 Å². The summed E-state index contributed by atoms with van der Waals surface area (Å²) >= 11 is 0. The van der Waals surface area contributed by atoms with Gasteiger partial charge in [0.1, 0.15) is 0 Å². The Morgan fingerprint density at radius 2 is 1.89 bits per heavy atom. The Bertz CT molecular complexity index is 242. The number of rotatable bonds is 6. The van der Waals surface area contributed by atoms with Crippen LogP contribution in [-0.4, -0.2) is 42.6 Å². The molecule has 18 heavy (non-hydrogen) atoms. The third-order valence-corrected chi connectivity index (χ3v) is 3.72. The van der Waals surface area contributed by atoms with Gasteiger partial charge in [0.15, 0.2) is 5.96 Å². The van der Waals surface area contributed by atoms with Crippen LogP contribution in [0.2, 0.25) is 0 Å². The molecule has 4 heteroatoms. The van der Waals surface area contributed by atoms with Crippen molar-refractivity contribution < 1.29 is 0 Å². The average Bonchev–Trinajstić information content (AvgIpc) is 2.36. The fraction of sp³-hybridized carbons (Fsp3) is 0.929. The van der Waals surface area contributed by atoms with E-state index >= 15 is 0 Å². The van der Waals surface area contributed by atoms with Crippen LogP contribution in [0.1, 0.15) is 52.9 Å². The van der Waals surface area contributed by atoms with Gasteiger partial charge in [0.25, 0.3) is 0 Å². The molecule has 0 radical (unpaired) electrons. The van der Waals surface area contributed by atoms with Crippen LogP contribution < -0.4 is 11.1 Å². The molecule has 0 aromatic heterocycles. The van der Waals surface area contributed by atoms with E-state index in [0.29, 0.717) is 18.0 Å². The molecule has 0 aliphatic heterocycles. The highest BCUT2D eigenvalue weighted by molar-refractivity contribution is 5.78. The first-order valence-electron chi connectivity index (χ1n) is 7.47. The maximum atomic E-state index is 5.98. The van der Waals surface area contributed by atoms with Crippen molar-refractivity contribution in [2.45, 2.75) is 65.0 Å². The zero-order valence-corrected chi connectivity index (χ0v) is 12.3. The van der Waals surface area contributed by atoms with E-state index in [2.05, 4.69) is 36.0 Å². The Balaban J connectivity index is 2.33. The molecule has 1 aliphatic carbocycles. The Hall–Kier alpha value is -0.770. The molecule has 0 aromatic carbocycles. The van der Waals surface area contributed by atoms with E-state index in [0.717, 1.165) is 19.6 Å². The van der Waals surface area contributed by atoms with Gasteiger partial charge >= 0.3 is 0 Å². The lowest BCUT2D eigenvalue weighted by Gasteiger charge is -2.24. The Morgan fingerprint density at radius 3 is 2.44 bits per heavy atom. The Morgan fingerprint density at radius 1 is 1.28 bits per heavy atom. The SMILES string of the molecule is CCN(CC)CC(C)NC(N)=NC1CCCCC1. The normalized spacial score (nSPS) is 20.1. The van der Waals surface area contributed by atoms with E-state index in [4.69, 9.17) is 5.73 Å². The maximum Gasteiger partial charge on any atom is 0.189 e. The summed E-state index contributed by atoms with van der Waals surface area (Å²) in [5.74, 6) is 0.626. The number of aliphatic imine (C=N–C) groups is 1. The second-order valence-electron chi connectivity index (χ2n) is 5.34. The molecule has 0 spiro atoms. The van der Waals surface area contributed by atoms with E-state index in [-0.39, 0.29) is 0 Å². The molecule has 0 aromatic rings. The van der Waals surface area contributed by atoms with Gasteiger partial charge in [0, 0.05) is 12.6 Å². The van der Waals surface area contributed by atoms with Crippen LogP contribution in [0.25, 0.3) is 0 Å². The van der Waals surface area contributed by atoms with E-state index in [1.807, 2.05) is 0 Å². The van der Waals surface area contributed by atoms with Crippen LogP contribution in [0.5, 0.6) is 0 Å². The summed E-state index contributed by atoms with van der Waals surface area (Å²) in [6, 6.07) is 0.809. The summed E-state index contributed by atoms with van der Waals surface area (Å²) < 4.78 is 0. The Labute approximate surface area is 112 Å². The molecule has 1 aliphatic rings. The molecule has 0 saturated heterocycles. The van der Waals surface area contributed by atoms with Gasteiger partial charge in [0.2, 0.25) is 0 Å². The summed E-state index contributed by atoms with van der Waals surface area (Å²) in [4.78, 5) is 6.99. The summed E-state index contributed by atoms with van der Waals surface area (Å²) in [6.45, 7) is 9.74. The fourth-order valence-electron chi connectivity index (χ4n) is 2.61. The number of hydrogen-bond donors (Lipinski definition) is 2. The zero-order valence-electron chi connectivity index (χ0n) is 12.3. The first-order valence-corrected chi connectivity index (χ1v) is 7.47. The van der Waals surface area contributed by atoms with Crippen molar-refractivity contribution >= 4 is 5.96 Å². The van der Waals surface area contributed by atoms with Crippen LogP contribution in [0, 0.1) is 0 Å².